The van der Waals surface area contributed by atoms with Gasteiger partial charge in [0.1, 0.15) is 0 Å². The number of nitrogens with one attached hydrogen (secondary N) is 3. The average Bonchev–Trinajstić information content (AvgIpc) is 3.13. The summed E-state index contributed by atoms with van der Waals surface area (Å²) in [5.74, 6) is -0.0698. The minimum atomic E-state index is -0.218. The van der Waals surface area contributed by atoms with Gasteiger partial charge in [0.25, 0.3) is 5.91 Å². The predicted octanol–water partition coefficient (Wildman–Crippen LogP) is 2.99. The molecule has 0 atom stereocenters. The van der Waals surface area contributed by atoms with Crippen molar-refractivity contribution >= 4 is 28.5 Å². The van der Waals surface area contributed by atoms with E-state index in [0.717, 1.165) is 29.4 Å². The minimum Gasteiger partial charge on any atom is -0.337 e. The maximum absolute atomic E-state index is 12.8. The molecule has 1 saturated heterocycles. The molecule has 3 amide bonds. The predicted molar refractivity (Wildman–Crippen MR) is 104 cm³/mol. The molecule has 1 aromatic heterocycles. The fourth-order valence-corrected chi connectivity index (χ4v) is 3.38. The van der Waals surface area contributed by atoms with Gasteiger partial charge in [0.05, 0.1) is 5.52 Å². The zero-order valence-electron chi connectivity index (χ0n) is 14.8. The lowest BCUT2D eigenvalue weighted by atomic mass is 10.0. The number of amides is 3. The molecule has 1 fully saturated rings. The molecule has 0 spiro atoms. The number of para-hydroxylation sites is 2. The molecule has 27 heavy (non-hydrogen) atoms. The summed E-state index contributed by atoms with van der Waals surface area (Å²) in [5, 5.41) is 13.7. The van der Waals surface area contributed by atoms with Gasteiger partial charge >= 0.3 is 6.03 Å². The normalized spacial score (nSPS) is 14.9. The number of benzene rings is 2. The highest BCUT2D eigenvalue weighted by Crippen LogP contribution is 2.19. The number of carbonyl (C=O) groups is 2. The maximum Gasteiger partial charge on any atom is 0.319 e. The van der Waals surface area contributed by atoms with E-state index < -0.39 is 0 Å². The van der Waals surface area contributed by atoms with Crippen LogP contribution in [0.5, 0.6) is 0 Å². The molecule has 0 saturated carbocycles. The molecule has 0 aliphatic carbocycles. The van der Waals surface area contributed by atoms with Gasteiger partial charge in [0.15, 0.2) is 5.69 Å². The maximum atomic E-state index is 12.8. The third kappa shape index (κ3) is 3.76. The Morgan fingerprint density at radius 3 is 2.48 bits per heavy atom. The molecule has 1 aliphatic rings. The summed E-state index contributed by atoms with van der Waals surface area (Å²) in [7, 11) is 0. The fourth-order valence-electron chi connectivity index (χ4n) is 3.38. The van der Waals surface area contributed by atoms with Gasteiger partial charge in [-0.15, -0.1) is 0 Å². The molecule has 3 aromatic rings. The second-order valence-corrected chi connectivity index (χ2v) is 6.65. The fraction of sp³-hybridized carbons (Fsp3) is 0.250. The first-order valence-electron chi connectivity index (χ1n) is 9.05. The Hall–Kier alpha value is -3.35. The molecule has 4 rings (SSSR count). The summed E-state index contributed by atoms with van der Waals surface area (Å²) >= 11 is 0. The van der Waals surface area contributed by atoms with Crippen molar-refractivity contribution in [3.8, 4) is 0 Å². The van der Waals surface area contributed by atoms with Crippen molar-refractivity contribution < 1.29 is 9.59 Å². The summed E-state index contributed by atoms with van der Waals surface area (Å²) < 4.78 is 0. The monoisotopic (exact) mass is 363 g/mol. The molecule has 1 aliphatic heterocycles. The van der Waals surface area contributed by atoms with Crippen LogP contribution >= 0.6 is 0 Å². The first-order valence-corrected chi connectivity index (χ1v) is 9.05. The second-order valence-electron chi connectivity index (χ2n) is 6.65. The molecule has 7 nitrogen and oxygen atoms in total. The lowest BCUT2D eigenvalue weighted by Gasteiger charge is -2.32. The Morgan fingerprint density at radius 1 is 1.00 bits per heavy atom. The third-order valence-electron chi connectivity index (χ3n) is 4.82. The smallest absolute Gasteiger partial charge is 0.319 e. The van der Waals surface area contributed by atoms with Gasteiger partial charge in [-0.25, -0.2) is 4.79 Å². The Kier molecular flexibility index (Phi) is 4.74. The zero-order valence-corrected chi connectivity index (χ0v) is 14.8. The number of rotatable bonds is 3. The summed E-state index contributed by atoms with van der Waals surface area (Å²) in [5.41, 5.74) is 2.07. The van der Waals surface area contributed by atoms with E-state index in [-0.39, 0.29) is 18.0 Å². The van der Waals surface area contributed by atoms with Gasteiger partial charge in [-0.2, -0.15) is 5.10 Å². The van der Waals surface area contributed by atoms with Crippen LogP contribution in [0.2, 0.25) is 0 Å². The molecule has 2 heterocycles. The number of fused-ring (bicyclic) bond motifs is 1. The molecule has 2 aromatic carbocycles. The van der Waals surface area contributed by atoms with Gasteiger partial charge in [0, 0.05) is 30.2 Å². The summed E-state index contributed by atoms with van der Waals surface area (Å²) in [4.78, 5) is 26.7. The van der Waals surface area contributed by atoms with Crippen LogP contribution in [0, 0.1) is 0 Å². The molecule has 0 radical (unpaired) electrons. The number of hydrogen-bond donors (Lipinski definition) is 3. The average molecular weight is 363 g/mol. The van der Waals surface area contributed by atoms with Crippen molar-refractivity contribution in [2.24, 2.45) is 0 Å². The Labute approximate surface area is 156 Å². The SMILES string of the molecule is O=C(Nc1ccccc1)NC1CCN(C(=O)c2n[nH]c3ccccc23)CC1. The number of urea groups is 1. The van der Waals surface area contributed by atoms with E-state index in [1.165, 1.54) is 0 Å². The van der Waals surface area contributed by atoms with Crippen molar-refractivity contribution in [3.05, 3.63) is 60.3 Å². The molecule has 0 unspecified atom stereocenters. The number of aromatic amines is 1. The molecule has 3 N–H and O–H groups in total. The van der Waals surface area contributed by atoms with E-state index >= 15 is 0 Å². The minimum absolute atomic E-state index is 0.0497. The lowest BCUT2D eigenvalue weighted by molar-refractivity contribution is 0.0705. The number of anilines is 1. The number of aromatic nitrogens is 2. The van der Waals surface area contributed by atoms with E-state index in [2.05, 4.69) is 20.8 Å². The van der Waals surface area contributed by atoms with Gasteiger partial charge < -0.3 is 15.5 Å². The molecular formula is C20H21N5O2. The van der Waals surface area contributed by atoms with Crippen molar-refractivity contribution in [1.29, 1.82) is 0 Å². The summed E-state index contributed by atoms with van der Waals surface area (Å²) in [6.45, 7) is 1.19. The Balaban J connectivity index is 1.32. The van der Waals surface area contributed by atoms with E-state index in [9.17, 15) is 9.59 Å². The van der Waals surface area contributed by atoms with Gasteiger partial charge in [-0.3, -0.25) is 9.89 Å². The van der Waals surface area contributed by atoms with E-state index in [4.69, 9.17) is 0 Å². The number of H-pyrrole nitrogens is 1. The van der Waals surface area contributed by atoms with Crippen molar-refractivity contribution in [2.75, 3.05) is 18.4 Å². The quantitative estimate of drug-likeness (QED) is 0.668. The first kappa shape index (κ1) is 17.1. The van der Waals surface area contributed by atoms with Crippen LogP contribution in [0.4, 0.5) is 10.5 Å². The number of nitrogens with zero attached hydrogens (tertiary/aromatic N) is 2. The van der Waals surface area contributed by atoms with Crippen LogP contribution in [0.3, 0.4) is 0 Å². The first-order chi connectivity index (χ1) is 13.2. The van der Waals surface area contributed by atoms with Crippen LogP contribution < -0.4 is 10.6 Å². The third-order valence-corrected chi connectivity index (χ3v) is 4.82. The van der Waals surface area contributed by atoms with Crippen molar-refractivity contribution in [3.63, 3.8) is 0 Å². The van der Waals surface area contributed by atoms with E-state index in [0.29, 0.717) is 18.8 Å². The molecule has 7 heteroatoms. The highest BCUT2D eigenvalue weighted by Gasteiger charge is 2.26. The summed E-state index contributed by atoms with van der Waals surface area (Å²) in [6.07, 6.45) is 1.44. The lowest BCUT2D eigenvalue weighted by Crippen LogP contribution is -2.47. The summed E-state index contributed by atoms with van der Waals surface area (Å²) in [6, 6.07) is 16.8. The molecular weight excluding hydrogens is 342 g/mol. The van der Waals surface area contributed by atoms with Crippen LogP contribution in [0.25, 0.3) is 10.9 Å². The molecule has 138 valence electrons. The number of carbonyl (C=O) groups excluding carboxylic acids is 2. The Bertz CT molecular complexity index is 945. The topological polar surface area (TPSA) is 90.1 Å². The highest BCUT2D eigenvalue weighted by atomic mass is 16.2. The van der Waals surface area contributed by atoms with Gasteiger partial charge in [-0.1, -0.05) is 36.4 Å². The number of hydrogen-bond acceptors (Lipinski definition) is 3. The zero-order chi connectivity index (χ0) is 18.6. The van der Waals surface area contributed by atoms with E-state index in [1.54, 1.807) is 4.90 Å². The number of likely N-dealkylation sites (tertiary alicyclic amines) is 1. The van der Waals surface area contributed by atoms with Gasteiger partial charge in [0.2, 0.25) is 0 Å². The second kappa shape index (κ2) is 7.49. The Morgan fingerprint density at radius 2 is 1.70 bits per heavy atom. The van der Waals surface area contributed by atoms with Crippen LogP contribution in [-0.4, -0.2) is 46.2 Å². The molecule has 0 bridgehead atoms. The van der Waals surface area contributed by atoms with Gasteiger partial charge in [-0.05, 0) is 31.0 Å². The largest absolute Gasteiger partial charge is 0.337 e. The highest BCUT2D eigenvalue weighted by molar-refractivity contribution is 6.04. The van der Waals surface area contributed by atoms with Crippen molar-refractivity contribution in [1.82, 2.24) is 20.4 Å². The van der Waals surface area contributed by atoms with Crippen molar-refractivity contribution in [2.45, 2.75) is 18.9 Å². The van der Waals surface area contributed by atoms with E-state index in [1.807, 2.05) is 54.6 Å². The van der Waals surface area contributed by atoms with Crippen LogP contribution in [0.1, 0.15) is 23.3 Å². The van der Waals surface area contributed by atoms with Crippen LogP contribution in [0.15, 0.2) is 54.6 Å². The standard InChI is InChI=1S/C20H21N5O2/c26-19(18-16-8-4-5-9-17(16)23-24-18)25-12-10-15(11-13-25)22-20(27)21-14-6-2-1-3-7-14/h1-9,15H,10-13H2,(H,23,24)(H2,21,22,27). The van der Waals surface area contributed by atoms with Crippen LogP contribution in [-0.2, 0) is 0 Å². The number of piperidine rings is 1.